The van der Waals surface area contributed by atoms with Crippen LogP contribution in [0.1, 0.15) is 31.2 Å². The van der Waals surface area contributed by atoms with Gasteiger partial charge in [-0.15, -0.1) is 0 Å². The lowest BCUT2D eigenvalue weighted by molar-refractivity contribution is 0.589. The largest absolute Gasteiger partial charge is 0.330 e. The molecular weight excluding hydrogens is 158 g/mol. The van der Waals surface area contributed by atoms with E-state index in [2.05, 4.69) is 30.3 Å². The fourth-order valence-corrected chi connectivity index (χ4v) is 2.07. The van der Waals surface area contributed by atoms with Crippen molar-refractivity contribution in [1.29, 1.82) is 0 Å². The van der Waals surface area contributed by atoms with Gasteiger partial charge in [0.15, 0.2) is 0 Å². The Balaban J connectivity index is 2.07. The Kier molecular flexibility index (Phi) is 2.36. The molecule has 1 aliphatic rings. The summed E-state index contributed by atoms with van der Waals surface area (Å²) >= 11 is 0. The van der Waals surface area contributed by atoms with E-state index in [0.717, 1.165) is 13.0 Å². The predicted molar refractivity (Wildman–Crippen MR) is 55.6 cm³/mol. The SMILES string of the molecule is NCCCC1(c2ccccc2)CC1. The molecule has 1 fully saturated rings. The van der Waals surface area contributed by atoms with E-state index >= 15 is 0 Å². The molecule has 1 nitrogen and oxygen atoms in total. The fraction of sp³-hybridized carbons (Fsp3) is 0.500. The monoisotopic (exact) mass is 175 g/mol. The summed E-state index contributed by atoms with van der Waals surface area (Å²) in [6.45, 7) is 0.828. The Morgan fingerprint density at radius 3 is 2.38 bits per heavy atom. The third-order valence-electron chi connectivity index (χ3n) is 3.10. The van der Waals surface area contributed by atoms with Crippen molar-refractivity contribution in [3.05, 3.63) is 35.9 Å². The number of nitrogens with two attached hydrogens (primary N) is 1. The van der Waals surface area contributed by atoms with Crippen molar-refractivity contribution in [3.63, 3.8) is 0 Å². The summed E-state index contributed by atoms with van der Waals surface area (Å²) < 4.78 is 0. The van der Waals surface area contributed by atoms with Gasteiger partial charge >= 0.3 is 0 Å². The Morgan fingerprint density at radius 2 is 1.85 bits per heavy atom. The lowest BCUT2D eigenvalue weighted by Crippen LogP contribution is -2.09. The Morgan fingerprint density at radius 1 is 1.15 bits per heavy atom. The Hall–Kier alpha value is -0.820. The van der Waals surface area contributed by atoms with Gasteiger partial charge in [-0.05, 0) is 43.2 Å². The van der Waals surface area contributed by atoms with E-state index in [4.69, 9.17) is 5.73 Å². The van der Waals surface area contributed by atoms with Crippen molar-refractivity contribution >= 4 is 0 Å². The second-order valence-electron chi connectivity index (χ2n) is 4.04. The van der Waals surface area contributed by atoms with E-state index in [1.807, 2.05) is 0 Å². The first-order valence-corrected chi connectivity index (χ1v) is 5.13. The minimum absolute atomic E-state index is 0.515. The summed E-state index contributed by atoms with van der Waals surface area (Å²) in [6.07, 6.45) is 5.15. The van der Waals surface area contributed by atoms with Crippen LogP contribution in [0.3, 0.4) is 0 Å². The van der Waals surface area contributed by atoms with Gasteiger partial charge in [-0.25, -0.2) is 0 Å². The molecular formula is C12H17N. The molecule has 13 heavy (non-hydrogen) atoms. The third kappa shape index (κ3) is 1.75. The molecule has 0 saturated heterocycles. The standard InChI is InChI=1S/C12H17N/c13-10-4-7-12(8-9-12)11-5-2-1-3-6-11/h1-3,5-6H,4,7-10,13H2. The normalized spacial score (nSPS) is 18.5. The highest BCUT2D eigenvalue weighted by atomic mass is 14.5. The second-order valence-corrected chi connectivity index (χ2v) is 4.04. The molecule has 1 aromatic rings. The van der Waals surface area contributed by atoms with E-state index in [0.29, 0.717) is 5.41 Å². The lowest BCUT2D eigenvalue weighted by atomic mass is 9.91. The Labute approximate surface area is 80.0 Å². The minimum Gasteiger partial charge on any atom is -0.330 e. The predicted octanol–water partition coefficient (Wildman–Crippen LogP) is 2.46. The molecule has 0 aromatic heterocycles. The van der Waals surface area contributed by atoms with Crippen molar-refractivity contribution in [3.8, 4) is 0 Å². The van der Waals surface area contributed by atoms with Gasteiger partial charge in [-0.1, -0.05) is 30.3 Å². The van der Waals surface area contributed by atoms with Crippen molar-refractivity contribution in [2.45, 2.75) is 31.1 Å². The highest BCUT2D eigenvalue weighted by molar-refractivity contribution is 5.30. The van der Waals surface area contributed by atoms with Crippen LogP contribution in [0.25, 0.3) is 0 Å². The Bertz CT molecular complexity index is 262. The third-order valence-corrected chi connectivity index (χ3v) is 3.10. The van der Waals surface area contributed by atoms with Crippen LogP contribution in [0.4, 0.5) is 0 Å². The maximum atomic E-state index is 5.54. The van der Waals surface area contributed by atoms with E-state index in [1.54, 1.807) is 0 Å². The average Bonchev–Trinajstić information content (AvgIpc) is 2.97. The zero-order valence-corrected chi connectivity index (χ0v) is 8.00. The van der Waals surface area contributed by atoms with Gasteiger partial charge in [0.25, 0.3) is 0 Å². The number of hydrogen-bond donors (Lipinski definition) is 1. The zero-order chi connectivity index (χ0) is 9.15. The molecule has 0 unspecified atom stereocenters. The van der Waals surface area contributed by atoms with Crippen molar-refractivity contribution in [2.75, 3.05) is 6.54 Å². The number of rotatable bonds is 4. The quantitative estimate of drug-likeness (QED) is 0.747. The topological polar surface area (TPSA) is 26.0 Å². The number of benzene rings is 1. The molecule has 1 aliphatic carbocycles. The van der Waals surface area contributed by atoms with Gasteiger partial charge in [-0.3, -0.25) is 0 Å². The van der Waals surface area contributed by atoms with Crippen LogP contribution in [0.15, 0.2) is 30.3 Å². The van der Waals surface area contributed by atoms with Gasteiger partial charge in [0.1, 0.15) is 0 Å². The first-order valence-electron chi connectivity index (χ1n) is 5.13. The highest BCUT2D eigenvalue weighted by Crippen LogP contribution is 2.51. The first kappa shape index (κ1) is 8.76. The van der Waals surface area contributed by atoms with E-state index in [-0.39, 0.29) is 0 Å². The molecule has 1 heteroatoms. The van der Waals surface area contributed by atoms with Gasteiger partial charge < -0.3 is 5.73 Å². The summed E-state index contributed by atoms with van der Waals surface area (Å²) in [5.74, 6) is 0. The van der Waals surface area contributed by atoms with Crippen LogP contribution >= 0.6 is 0 Å². The van der Waals surface area contributed by atoms with E-state index in [1.165, 1.54) is 24.8 Å². The van der Waals surface area contributed by atoms with Crippen molar-refractivity contribution in [2.24, 2.45) is 5.73 Å². The average molecular weight is 175 g/mol. The molecule has 1 saturated carbocycles. The van der Waals surface area contributed by atoms with Crippen LogP contribution in [-0.2, 0) is 5.41 Å². The van der Waals surface area contributed by atoms with Gasteiger partial charge in [0.05, 0.1) is 0 Å². The molecule has 0 radical (unpaired) electrons. The van der Waals surface area contributed by atoms with Gasteiger partial charge in [0, 0.05) is 0 Å². The van der Waals surface area contributed by atoms with Crippen LogP contribution in [-0.4, -0.2) is 6.54 Å². The smallest absolute Gasteiger partial charge is 0.00459 e. The second kappa shape index (κ2) is 3.51. The molecule has 2 N–H and O–H groups in total. The zero-order valence-electron chi connectivity index (χ0n) is 8.00. The maximum absolute atomic E-state index is 5.54. The van der Waals surface area contributed by atoms with Crippen molar-refractivity contribution in [1.82, 2.24) is 0 Å². The van der Waals surface area contributed by atoms with Crippen LogP contribution in [0.5, 0.6) is 0 Å². The van der Waals surface area contributed by atoms with Crippen LogP contribution in [0.2, 0.25) is 0 Å². The number of hydrogen-bond acceptors (Lipinski definition) is 1. The van der Waals surface area contributed by atoms with Gasteiger partial charge in [0.2, 0.25) is 0 Å². The first-order chi connectivity index (χ1) is 6.37. The molecule has 0 aliphatic heterocycles. The maximum Gasteiger partial charge on any atom is -0.00459 e. The summed E-state index contributed by atoms with van der Waals surface area (Å²) in [5, 5.41) is 0. The molecule has 0 spiro atoms. The molecule has 2 rings (SSSR count). The molecule has 1 aromatic carbocycles. The summed E-state index contributed by atoms with van der Waals surface area (Å²) in [4.78, 5) is 0. The molecule has 0 bridgehead atoms. The molecule has 70 valence electrons. The lowest BCUT2D eigenvalue weighted by Gasteiger charge is -2.14. The molecule has 0 amide bonds. The minimum atomic E-state index is 0.515. The van der Waals surface area contributed by atoms with E-state index < -0.39 is 0 Å². The van der Waals surface area contributed by atoms with Crippen LogP contribution in [0, 0.1) is 0 Å². The summed E-state index contributed by atoms with van der Waals surface area (Å²) in [7, 11) is 0. The fourth-order valence-electron chi connectivity index (χ4n) is 2.07. The molecule has 0 heterocycles. The molecule has 0 atom stereocenters. The van der Waals surface area contributed by atoms with E-state index in [9.17, 15) is 0 Å². The van der Waals surface area contributed by atoms with Gasteiger partial charge in [-0.2, -0.15) is 0 Å². The summed E-state index contributed by atoms with van der Waals surface area (Å²) in [6, 6.07) is 10.9. The summed E-state index contributed by atoms with van der Waals surface area (Å²) in [5.41, 5.74) is 7.57. The van der Waals surface area contributed by atoms with Crippen LogP contribution < -0.4 is 5.73 Å². The highest BCUT2D eigenvalue weighted by Gasteiger charge is 2.42. The van der Waals surface area contributed by atoms with Crippen molar-refractivity contribution < 1.29 is 0 Å².